The van der Waals surface area contributed by atoms with Gasteiger partial charge >= 0.3 is 0 Å². The Morgan fingerprint density at radius 3 is 2.45 bits per heavy atom. The van der Waals surface area contributed by atoms with Crippen LogP contribution in [0.1, 0.15) is 72.2 Å². The highest BCUT2D eigenvalue weighted by Gasteiger charge is 2.31. The van der Waals surface area contributed by atoms with E-state index >= 15 is 0 Å². The van der Waals surface area contributed by atoms with Gasteiger partial charge in [-0.2, -0.15) is 0 Å². The summed E-state index contributed by atoms with van der Waals surface area (Å²) in [6.45, 7) is 10.1. The third-order valence-corrected chi connectivity index (χ3v) is 13.5. The predicted octanol–water partition coefficient (Wildman–Crippen LogP) is 7.95. The maximum atomic E-state index is 13.9. The number of piperidine rings is 1. The highest BCUT2D eigenvalue weighted by molar-refractivity contribution is 7.90. The van der Waals surface area contributed by atoms with Gasteiger partial charge in [0.2, 0.25) is 0 Å². The van der Waals surface area contributed by atoms with Gasteiger partial charge in [0.05, 0.1) is 15.4 Å². The Balaban J connectivity index is 1.10. The molecule has 1 aliphatic carbocycles. The second-order valence-corrected chi connectivity index (χ2v) is 18.7. The van der Waals surface area contributed by atoms with Crippen molar-refractivity contribution in [2.45, 2.75) is 56.9 Å². The molecule has 0 aromatic heterocycles. The average Bonchev–Trinajstić information content (AvgIpc) is 3.24. The lowest BCUT2D eigenvalue weighted by Gasteiger charge is -2.39. The second kappa shape index (κ2) is 18.1. The quantitative estimate of drug-likeness (QED) is 0.0765. The number of allylic oxidation sites excluding steroid dienone is 1. The number of halogens is 1. The summed E-state index contributed by atoms with van der Waals surface area (Å²) < 4.78 is 35.7. The highest BCUT2D eigenvalue weighted by atomic mass is 35.5. The molecular weight excluding hydrogens is 804 g/mol. The van der Waals surface area contributed by atoms with E-state index in [2.05, 4.69) is 45.8 Å². The molecule has 4 aromatic rings. The summed E-state index contributed by atoms with van der Waals surface area (Å²) >= 11 is 6.23. The highest BCUT2D eigenvalue weighted by Crippen LogP contribution is 2.43. The van der Waals surface area contributed by atoms with Gasteiger partial charge in [0.1, 0.15) is 23.5 Å². The van der Waals surface area contributed by atoms with Gasteiger partial charge in [0, 0.05) is 74.2 Å². The molecule has 2 aliphatic heterocycles. The molecule has 0 bridgehead atoms. The van der Waals surface area contributed by atoms with Gasteiger partial charge in [0.15, 0.2) is 0 Å². The number of sulfonamides is 1. The number of carbonyl (C=O) groups excluding carboxylic acids is 2. The standard InChI is InChI=1S/C45H51ClN6O7S/c1-45(2)18-15-33(40(28-45)32-7-9-34(46)10-8-32)29-50-21-23-51(24-22-50)36-11-13-39(43(26-36)59-37-6-4-5-31(25-37)30-53)44(54)48-60(57,58)38-12-14-41(42(27-38)52(55)56)49(3)35-16-19-47-20-17-35/h4-14,25-27,30,35,47H,15-24,28-29H2,1-3H3,(H,48,54). The minimum Gasteiger partial charge on any atom is -0.456 e. The number of rotatable bonds is 13. The lowest BCUT2D eigenvalue weighted by atomic mass is 9.72. The van der Waals surface area contributed by atoms with Crippen LogP contribution < -0.4 is 24.6 Å². The van der Waals surface area contributed by atoms with Gasteiger partial charge in [-0.05, 0) is 110 Å². The number of nitrogens with one attached hydrogen (secondary N) is 2. The molecule has 2 heterocycles. The second-order valence-electron chi connectivity index (χ2n) is 16.6. The van der Waals surface area contributed by atoms with Crippen LogP contribution in [0.3, 0.4) is 0 Å². The fourth-order valence-corrected chi connectivity index (χ4v) is 9.51. The maximum absolute atomic E-state index is 13.9. The number of nitro benzene ring substituents is 1. The van der Waals surface area contributed by atoms with E-state index in [4.69, 9.17) is 16.3 Å². The van der Waals surface area contributed by atoms with E-state index in [0.717, 1.165) is 81.6 Å². The largest absolute Gasteiger partial charge is 0.456 e. The lowest BCUT2D eigenvalue weighted by molar-refractivity contribution is -0.384. The molecule has 7 rings (SSSR count). The molecule has 0 radical (unpaired) electrons. The molecule has 316 valence electrons. The summed E-state index contributed by atoms with van der Waals surface area (Å²) in [5.74, 6) is -0.618. The van der Waals surface area contributed by atoms with E-state index < -0.39 is 25.7 Å². The Labute approximate surface area is 356 Å². The normalized spacial score (nSPS) is 17.6. The number of aldehydes is 1. The molecule has 0 atom stereocenters. The zero-order valence-electron chi connectivity index (χ0n) is 34.2. The number of hydrogen-bond acceptors (Lipinski definition) is 11. The summed E-state index contributed by atoms with van der Waals surface area (Å²) in [6, 6.07) is 23.2. The first kappa shape index (κ1) is 42.8. The van der Waals surface area contributed by atoms with Crippen LogP contribution in [0.5, 0.6) is 11.5 Å². The summed E-state index contributed by atoms with van der Waals surface area (Å²) in [5.41, 5.74) is 5.27. The molecule has 2 fully saturated rings. The molecule has 0 saturated carbocycles. The molecule has 2 saturated heterocycles. The summed E-state index contributed by atoms with van der Waals surface area (Å²) in [7, 11) is -2.81. The fourth-order valence-electron chi connectivity index (χ4n) is 8.40. The molecule has 2 N–H and O–H groups in total. The Kier molecular flexibility index (Phi) is 13.0. The van der Waals surface area contributed by atoms with Crippen LogP contribution >= 0.6 is 11.6 Å². The smallest absolute Gasteiger partial charge is 0.293 e. The maximum Gasteiger partial charge on any atom is 0.293 e. The van der Waals surface area contributed by atoms with E-state index in [9.17, 15) is 28.1 Å². The van der Waals surface area contributed by atoms with E-state index in [1.54, 1.807) is 37.4 Å². The van der Waals surface area contributed by atoms with Crippen molar-refractivity contribution < 1.29 is 27.7 Å². The number of carbonyl (C=O) groups is 2. The first-order chi connectivity index (χ1) is 28.7. The molecular formula is C45H51ClN6O7S. The molecule has 3 aliphatic rings. The molecule has 15 heteroatoms. The van der Waals surface area contributed by atoms with Gasteiger partial charge in [-0.25, -0.2) is 13.1 Å². The zero-order valence-corrected chi connectivity index (χ0v) is 35.7. The monoisotopic (exact) mass is 854 g/mol. The van der Waals surface area contributed by atoms with Crippen molar-refractivity contribution >= 4 is 56.5 Å². The number of benzene rings is 4. The first-order valence-electron chi connectivity index (χ1n) is 20.3. The number of ether oxygens (including phenoxy) is 1. The predicted molar refractivity (Wildman–Crippen MR) is 235 cm³/mol. The van der Waals surface area contributed by atoms with Gasteiger partial charge in [-0.3, -0.25) is 24.6 Å². The number of hydrogen-bond donors (Lipinski definition) is 2. The van der Waals surface area contributed by atoms with Crippen molar-refractivity contribution in [3.05, 3.63) is 122 Å². The molecule has 4 aromatic carbocycles. The van der Waals surface area contributed by atoms with Gasteiger partial charge in [0.25, 0.3) is 21.6 Å². The molecule has 0 spiro atoms. The Morgan fingerprint density at radius 2 is 1.75 bits per heavy atom. The number of amides is 1. The molecule has 0 unspecified atom stereocenters. The average molecular weight is 855 g/mol. The van der Waals surface area contributed by atoms with E-state index in [-0.39, 0.29) is 34.2 Å². The van der Waals surface area contributed by atoms with Crippen LogP contribution in [-0.4, -0.2) is 89.3 Å². The zero-order chi connectivity index (χ0) is 42.6. The van der Waals surface area contributed by atoms with E-state index in [0.29, 0.717) is 30.6 Å². The summed E-state index contributed by atoms with van der Waals surface area (Å²) in [6.07, 6.45) is 5.42. The number of anilines is 2. The number of nitro groups is 1. The van der Waals surface area contributed by atoms with Crippen molar-refractivity contribution in [3.8, 4) is 11.5 Å². The van der Waals surface area contributed by atoms with E-state index in [1.807, 2.05) is 17.0 Å². The van der Waals surface area contributed by atoms with Gasteiger partial charge < -0.3 is 19.9 Å². The van der Waals surface area contributed by atoms with Gasteiger partial charge in [-0.1, -0.05) is 55.3 Å². The van der Waals surface area contributed by atoms with Crippen LogP contribution in [0.4, 0.5) is 17.1 Å². The SMILES string of the molecule is CN(c1ccc(S(=O)(=O)NC(=O)c2ccc(N3CCN(CC4=C(c5ccc(Cl)cc5)CC(C)(C)CC4)CC3)cc2Oc2cccc(C=O)c2)cc1[N+](=O)[O-])C1CCNCC1. The van der Waals surface area contributed by atoms with Crippen molar-refractivity contribution in [3.63, 3.8) is 0 Å². The third kappa shape index (κ3) is 10.0. The van der Waals surface area contributed by atoms with Crippen LogP contribution in [0.2, 0.25) is 5.02 Å². The van der Waals surface area contributed by atoms with Crippen LogP contribution in [-0.2, 0) is 10.0 Å². The third-order valence-electron chi connectivity index (χ3n) is 11.9. The summed E-state index contributed by atoms with van der Waals surface area (Å²) in [4.78, 5) is 43.1. The van der Waals surface area contributed by atoms with Crippen molar-refractivity contribution in [2.24, 2.45) is 5.41 Å². The van der Waals surface area contributed by atoms with Crippen LogP contribution in [0.15, 0.2) is 95.4 Å². The van der Waals surface area contributed by atoms with Crippen molar-refractivity contribution in [2.75, 3.05) is 62.7 Å². The Bertz CT molecular complexity index is 2390. The van der Waals surface area contributed by atoms with Crippen molar-refractivity contribution in [1.29, 1.82) is 0 Å². The van der Waals surface area contributed by atoms with E-state index in [1.165, 1.54) is 41.0 Å². The molecule has 1 amide bonds. The van der Waals surface area contributed by atoms with Gasteiger partial charge in [-0.15, -0.1) is 0 Å². The first-order valence-corrected chi connectivity index (χ1v) is 22.2. The summed E-state index contributed by atoms with van der Waals surface area (Å²) in [5, 5.41) is 16.2. The Morgan fingerprint density at radius 1 is 1.02 bits per heavy atom. The molecule has 13 nitrogen and oxygen atoms in total. The van der Waals surface area contributed by atoms with Crippen molar-refractivity contribution in [1.82, 2.24) is 14.9 Å². The number of piperazine rings is 1. The fraction of sp³-hybridized carbons (Fsp3) is 0.378. The van der Waals surface area contributed by atoms with Crippen LogP contribution in [0, 0.1) is 15.5 Å². The Hall–Kier alpha value is -5.28. The minimum atomic E-state index is -4.57. The minimum absolute atomic E-state index is 0.0469. The number of nitrogens with zero attached hydrogens (tertiary/aromatic N) is 4. The molecule has 60 heavy (non-hydrogen) atoms. The topological polar surface area (TPSA) is 154 Å². The van der Waals surface area contributed by atoms with Crippen LogP contribution in [0.25, 0.3) is 5.57 Å². The lowest BCUT2D eigenvalue weighted by Crippen LogP contribution is -2.47.